The van der Waals surface area contributed by atoms with E-state index >= 15 is 0 Å². The fraction of sp³-hybridized carbons (Fsp3) is 0.462. The Kier molecular flexibility index (Phi) is 7.06. The minimum atomic E-state index is -3.43. The lowest BCUT2D eigenvalue weighted by molar-refractivity contribution is 0.212. The van der Waals surface area contributed by atoms with E-state index in [2.05, 4.69) is 22.4 Å². The lowest BCUT2D eigenvalue weighted by Crippen LogP contribution is -2.05. The molecule has 1 rings (SSSR count). The van der Waals surface area contributed by atoms with Gasteiger partial charge in [-0.25, -0.2) is 4.99 Å². The quantitative estimate of drug-likeness (QED) is 0.411. The highest BCUT2D eigenvalue weighted by Crippen LogP contribution is 2.61. The summed E-state index contributed by atoms with van der Waals surface area (Å²) in [4.78, 5) is 3.97. The summed E-state index contributed by atoms with van der Waals surface area (Å²) in [5.41, 5.74) is 0.674. The molecule has 5 nitrogen and oxygen atoms in total. The third kappa shape index (κ3) is 4.23. The van der Waals surface area contributed by atoms with Crippen LogP contribution < -0.4 is 4.74 Å². The van der Waals surface area contributed by atoms with Crippen molar-refractivity contribution in [3.05, 3.63) is 29.8 Å². The van der Waals surface area contributed by atoms with Gasteiger partial charge in [0, 0.05) is 0 Å². The average Bonchev–Trinajstić information content (AvgIpc) is 2.45. The van der Waals surface area contributed by atoms with E-state index in [0.717, 1.165) is 0 Å². The zero-order chi connectivity index (χ0) is 15.0. The van der Waals surface area contributed by atoms with Crippen LogP contribution in [0.3, 0.4) is 0 Å². The van der Waals surface area contributed by atoms with E-state index < -0.39 is 13.4 Å². The molecule has 0 aliphatic carbocycles. The van der Waals surface area contributed by atoms with Crippen molar-refractivity contribution in [1.29, 1.82) is 0 Å². The number of thiocarbonyl (C=S) groups is 1. The summed E-state index contributed by atoms with van der Waals surface area (Å²) in [7, 11) is -1.85. The number of hydrogen-bond donors (Lipinski definition) is 0. The summed E-state index contributed by atoms with van der Waals surface area (Å²) < 4.78 is 28.5. The second-order valence-electron chi connectivity index (χ2n) is 3.74. The maximum atomic E-state index is 12.8. The van der Waals surface area contributed by atoms with Crippen LogP contribution in [-0.2, 0) is 13.6 Å². The molecule has 0 aliphatic heterocycles. The van der Waals surface area contributed by atoms with Gasteiger partial charge in [0.25, 0.3) is 0 Å². The Morgan fingerprint density at radius 3 is 2.20 bits per heavy atom. The van der Waals surface area contributed by atoms with Gasteiger partial charge in [0.1, 0.15) is 5.75 Å². The van der Waals surface area contributed by atoms with Crippen LogP contribution in [0.25, 0.3) is 0 Å². The van der Waals surface area contributed by atoms with Gasteiger partial charge in [-0.15, -0.1) is 0 Å². The first kappa shape index (κ1) is 17.0. The Morgan fingerprint density at radius 2 is 1.80 bits per heavy atom. The third-order valence-electron chi connectivity index (χ3n) is 2.51. The van der Waals surface area contributed by atoms with Crippen LogP contribution in [0.4, 0.5) is 0 Å². The molecule has 110 valence electrons. The van der Waals surface area contributed by atoms with Gasteiger partial charge in [0.05, 0.1) is 25.5 Å². The molecule has 0 saturated carbocycles. The van der Waals surface area contributed by atoms with Crippen molar-refractivity contribution in [2.75, 3.05) is 20.3 Å². The Bertz CT molecular complexity index is 504. The standard InChI is InChI=1S/C13H18NO4PS/c1-4-17-19(15,18-5-2)13(14-10-20)11-6-8-12(16-3)9-7-11/h6-9,13H,4-5H2,1-3H3. The number of nitrogens with zero attached hydrogens (tertiary/aromatic N) is 1. The zero-order valence-corrected chi connectivity index (χ0v) is 13.4. The predicted octanol–water partition coefficient (Wildman–Crippen LogP) is 4.06. The molecule has 7 heteroatoms. The van der Waals surface area contributed by atoms with Gasteiger partial charge in [-0.1, -0.05) is 12.1 Å². The van der Waals surface area contributed by atoms with E-state index in [1.807, 2.05) is 0 Å². The summed E-state index contributed by atoms with van der Waals surface area (Å²) in [5.74, 6) is -0.118. The van der Waals surface area contributed by atoms with E-state index in [0.29, 0.717) is 11.3 Å². The molecule has 0 saturated heterocycles. The monoisotopic (exact) mass is 315 g/mol. The molecule has 0 radical (unpaired) electrons. The lowest BCUT2D eigenvalue weighted by Gasteiger charge is -2.22. The molecule has 0 spiro atoms. The molecule has 0 aliphatic rings. The number of benzene rings is 1. The fourth-order valence-electron chi connectivity index (χ4n) is 1.69. The molecule has 0 aromatic heterocycles. The van der Waals surface area contributed by atoms with E-state index in [9.17, 15) is 4.57 Å². The van der Waals surface area contributed by atoms with Gasteiger partial charge < -0.3 is 13.8 Å². The van der Waals surface area contributed by atoms with E-state index in [-0.39, 0.29) is 13.2 Å². The molecule has 0 amide bonds. The smallest absolute Gasteiger partial charge is 0.360 e. The first-order valence-electron chi connectivity index (χ1n) is 6.21. The van der Waals surface area contributed by atoms with Gasteiger partial charge in [-0.05, 0) is 43.8 Å². The third-order valence-corrected chi connectivity index (χ3v) is 4.86. The lowest BCUT2D eigenvalue weighted by atomic mass is 10.2. The Morgan fingerprint density at radius 1 is 1.25 bits per heavy atom. The van der Waals surface area contributed by atoms with Gasteiger partial charge in [0.2, 0.25) is 0 Å². The van der Waals surface area contributed by atoms with Crippen LogP contribution in [0.2, 0.25) is 0 Å². The van der Waals surface area contributed by atoms with Crippen molar-refractivity contribution in [3.63, 3.8) is 0 Å². The van der Waals surface area contributed by atoms with Crippen molar-refractivity contribution in [2.45, 2.75) is 19.6 Å². The van der Waals surface area contributed by atoms with E-state index in [1.54, 1.807) is 45.2 Å². The zero-order valence-electron chi connectivity index (χ0n) is 11.7. The topological polar surface area (TPSA) is 57.1 Å². The van der Waals surface area contributed by atoms with Crippen LogP contribution in [-0.4, -0.2) is 25.5 Å². The summed E-state index contributed by atoms with van der Waals surface area (Å²) >= 11 is 4.64. The number of hydrogen-bond acceptors (Lipinski definition) is 6. The van der Waals surface area contributed by atoms with Crippen LogP contribution in [0.15, 0.2) is 29.3 Å². The highest BCUT2D eigenvalue weighted by molar-refractivity contribution is 7.78. The van der Waals surface area contributed by atoms with Crippen molar-refractivity contribution in [2.24, 2.45) is 4.99 Å². The molecule has 1 aromatic rings. The normalized spacial score (nSPS) is 12.6. The summed E-state index contributed by atoms with van der Waals surface area (Å²) in [6, 6.07) is 7.02. The molecular formula is C13H18NO4PS. The number of aliphatic imine (C=N–C) groups is 1. The second-order valence-corrected chi connectivity index (χ2v) is 6.01. The maximum absolute atomic E-state index is 12.8. The maximum Gasteiger partial charge on any atom is 0.360 e. The number of methoxy groups -OCH3 is 1. The summed E-state index contributed by atoms with van der Waals surface area (Å²) in [6.45, 7) is 4.02. The van der Waals surface area contributed by atoms with Gasteiger partial charge in [0.15, 0.2) is 5.78 Å². The molecule has 0 bridgehead atoms. The van der Waals surface area contributed by atoms with E-state index in [4.69, 9.17) is 13.8 Å². The minimum absolute atomic E-state index is 0.261. The molecule has 0 N–H and O–H groups in total. The number of rotatable bonds is 8. The first-order chi connectivity index (χ1) is 9.61. The second kappa shape index (κ2) is 8.30. The molecule has 0 heterocycles. The largest absolute Gasteiger partial charge is 0.497 e. The van der Waals surface area contributed by atoms with Crippen molar-refractivity contribution in [1.82, 2.24) is 0 Å². The van der Waals surface area contributed by atoms with Gasteiger partial charge in [-0.3, -0.25) is 4.57 Å². The molecule has 1 atom stereocenters. The van der Waals surface area contributed by atoms with Crippen molar-refractivity contribution in [3.8, 4) is 5.75 Å². The van der Waals surface area contributed by atoms with E-state index in [1.165, 1.54) is 0 Å². The van der Waals surface area contributed by atoms with Crippen molar-refractivity contribution < 1.29 is 18.3 Å². The summed E-state index contributed by atoms with van der Waals surface area (Å²) in [6.07, 6.45) is 0. The summed E-state index contributed by atoms with van der Waals surface area (Å²) in [5, 5.41) is 2.26. The highest BCUT2D eigenvalue weighted by Gasteiger charge is 2.36. The Balaban J connectivity index is 3.19. The number of ether oxygens (including phenoxy) is 1. The minimum Gasteiger partial charge on any atom is -0.497 e. The number of isothiocyanates is 1. The average molecular weight is 315 g/mol. The predicted molar refractivity (Wildman–Crippen MR) is 81.6 cm³/mol. The molecule has 1 aromatic carbocycles. The van der Waals surface area contributed by atoms with Crippen LogP contribution in [0, 0.1) is 0 Å². The Hall–Kier alpha value is -1.03. The molecule has 0 fully saturated rings. The van der Waals surface area contributed by atoms with Gasteiger partial charge in [-0.2, -0.15) is 0 Å². The Labute approximate surface area is 124 Å². The highest BCUT2D eigenvalue weighted by atomic mass is 32.1. The molecule has 20 heavy (non-hydrogen) atoms. The first-order valence-corrected chi connectivity index (χ1v) is 8.23. The molecular weight excluding hydrogens is 297 g/mol. The van der Waals surface area contributed by atoms with Crippen LogP contribution in [0.1, 0.15) is 25.2 Å². The molecule has 1 unspecified atom stereocenters. The van der Waals surface area contributed by atoms with Crippen molar-refractivity contribution >= 4 is 25.0 Å². The fourth-order valence-corrected chi connectivity index (χ4v) is 3.69. The van der Waals surface area contributed by atoms with Gasteiger partial charge >= 0.3 is 7.60 Å². The van der Waals surface area contributed by atoms with Crippen LogP contribution in [0.5, 0.6) is 5.75 Å². The SMILES string of the molecule is CCOP(=O)(OCC)C(N=C=S)c1ccc(OC)cc1. The van der Waals surface area contributed by atoms with Crippen LogP contribution >= 0.6 is 19.8 Å².